The molecule has 3 nitrogen and oxygen atoms in total. The van der Waals surface area contributed by atoms with Crippen LogP contribution < -0.4 is 5.32 Å². The van der Waals surface area contributed by atoms with Crippen LogP contribution in [0, 0.1) is 6.92 Å². The monoisotopic (exact) mass is 337 g/mol. The van der Waals surface area contributed by atoms with E-state index in [9.17, 15) is 9.90 Å². The largest absolute Gasteiger partial charge is 0.478 e. The molecule has 0 amide bonds. The Bertz CT molecular complexity index is 891. The van der Waals surface area contributed by atoms with Gasteiger partial charge in [-0.3, -0.25) is 0 Å². The summed E-state index contributed by atoms with van der Waals surface area (Å²) in [5, 5.41) is 13.3. The Morgan fingerprint density at radius 3 is 2.42 bits per heavy atom. The highest BCUT2D eigenvalue weighted by Gasteiger charge is 2.14. The van der Waals surface area contributed by atoms with Gasteiger partial charge in [0.2, 0.25) is 0 Å². The molecule has 0 unspecified atom stereocenters. The van der Waals surface area contributed by atoms with Crippen molar-refractivity contribution in [2.45, 2.75) is 6.92 Å². The Morgan fingerprint density at radius 1 is 0.958 bits per heavy atom. The Hall–Kier alpha value is -2.78. The first-order valence-corrected chi connectivity index (χ1v) is 7.89. The molecule has 0 bridgehead atoms. The van der Waals surface area contributed by atoms with Gasteiger partial charge in [-0.05, 0) is 36.8 Å². The van der Waals surface area contributed by atoms with Crippen LogP contribution in [0.25, 0.3) is 11.1 Å². The lowest BCUT2D eigenvalue weighted by molar-refractivity contribution is 0.0698. The van der Waals surface area contributed by atoms with Crippen LogP contribution in [0.2, 0.25) is 5.02 Å². The van der Waals surface area contributed by atoms with Crippen molar-refractivity contribution in [3.8, 4) is 11.1 Å². The zero-order valence-electron chi connectivity index (χ0n) is 13.1. The molecule has 0 fully saturated rings. The number of rotatable bonds is 4. The summed E-state index contributed by atoms with van der Waals surface area (Å²) in [6, 6.07) is 20.6. The lowest BCUT2D eigenvalue weighted by Gasteiger charge is -2.16. The van der Waals surface area contributed by atoms with Crippen molar-refractivity contribution >= 4 is 28.9 Å². The van der Waals surface area contributed by atoms with Crippen molar-refractivity contribution in [3.63, 3.8) is 0 Å². The van der Waals surface area contributed by atoms with Crippen molar-refractivity contribution < 1.29 is 9.90 Å². The number of halogens is 1. The number of hydrogen-bond donors (Lipinski definition) is 2. The van der Waals surface area contributed by atoms with E-state index in [1.54, 1.807) is 12.1 Å². The quantitative estimate of drug-likeness (QED) is 0.636. The summed E-state index contributed by atoms with van der Waals surface area (Å²) in [5.74, 6) is -0.968. The summed E-state index contributed by atoms with van der Waals surface area (Å²) >= 11 is 6.40. The molecule has 0 aliphatic rings. The van der Waals surface area contributed by atoms with Crippen LogP contribution in [0.1, 0.15) is 15.9 Å². The number of nitrogens with one attached hydrogen (secondary N) is 1. The molecule has 0 atom stereocenters. The number of aryl methyl sites for hydroxylation is 1. The third-order valence-electron chi connectivity index (χ3n) is 3.75. The maximum atomic E-state index is 11.5. The smallest absolute Gasteiger partial charge is 0.337 e. The van der Waals surface area contributed by atoms with Gasteiger partial charge >= 0.3 is 5.97 Å². The molecule has 0 aromatic heterocycles. The van der Waals surface area contributed by atoms with Crippen LogP contribution >= 0.6 is 11.6 Å². The topological polar surface area (TPSA) is 49.3 Å². The third-order valence-corrected chi connectivity index (χ3v) is 4.07. The van der Waals surface area contributed by atoms with Crippen molar-refractivity contribution in [1.82, 2.24) is 0 Å². The summed E-state index contributed by atoms with van der Waals surface area (Å²) in [4.78, 5) is 11.5. The van der Waals surface area contributed by atoms with Crippen LogP contribution in [-0.4, -0.2) is 11.1 Å². The molecule has 0 aliphatic carbocycles. The van der Waals surface area contributed by atoms with Crippen LogP contribution in [0.3, 0.4) is 0 Å². The summed E-state index contributed by atoms with van der Waals surface area (Å²) in [7, 11) is 0. The first-order chi connectivity index (χ1) is 11.6. The third kappa shape index (κ3) is 3.26. The van der Waals surface area contributed by atoms with Crippen molar-refractivity contribution in [2.24, 2.45) is 0 Å². The summed E-state index contributed by atoms with van der Waals surface area (Å²) < 4.78 is 0. The van der Waals surface area contributed by atoms with Gasteiger partial charge in [0.25, 0.3) is 0 Å². The van der Waals surface area contributed by atoms with Crippen molar-refractivity contribution in [3.05, 3.63) is 82.9 Å². The zero-order valence-corrected chi connectivity index (χ0v) is 13.8. The molecular weight excluding hydrogens is 322 g/mol. The second kappa shape index (κ2) is 6.77. The number of carboxylic acid groups (broad SMARTS) is 1. The molecule has 24 heavy (non-hydrogen) atoms. The van der Waals surface area contributed by atoms with E-state index in [2.05, 4.69) is 5.32 Å². The molecule has 3 aromatic rings. The van der Waals surface area contributed by atoms with Crippen LogP contribution in [0.5, 0.6) is 0 Å². The molecular formula is C20H16ClNO2. The van der Waals surface area contributed by atoms with Gasteiger partial charge in [0.15, 0.2) is 0 Å². The van der Waals surface area contributed by atoms with Crippen LogP contribution in [0.4, 0.5) is 11.4 Å². The second-order valence-electron chi connectivity index (χ2n) is 5.51. The second-order valence-corrected chi connectivity index (χ2v) is 5.91. The standard InChI is InChI=1S/C20H16ClNO2/c1-13-10-11-17(15(12-13)20(23)24)22-18-9-5-8-16(21)19(18)14-6-3-2-4-7-14/h2-12,22H,1H3,(H,23,24). The summed E-state index contributed by atoms with van der Waals surface area (Å²) in [5.41, 5.74) is 4.24. The molecule has 120 valence electrons. The minimum atomic E-state index is -0.968. The van der Waals surface area contributed by atoms with E-state index in [4.69, 9.17) is 11.6 Å². The normalized spacial score (nSPS) is 10.4. The van der Waals surface area contributed by atoms with E-state index in [0.717, 1.165) is 22.4 Å². The maximum absolute atomic E-state index is 11.5. The first-order valence-electron chi connectivity index (χ1n) is 7.51. The Labute approximate surface area is 145 Å². The predicted molar refractivity (Wildman–Crippen MR) is 98.3 cm³/mol. The zero-order chi connectivity index (χ0) is 17.1. The number of carbonyl (C=O) groups is 1. The van der Waals surface area contributed by atoms with Gasteiger partial charge < -0.3 is 10.4 Å². The van der Waals surface area contributed by atoms with E-state index in [1.807, 2.05) is 61.5 Å². The number of benzene rings is 3. The number of hydrogen-bond acceptors (Lipinski definition) is 2. The highest BCUT2D eigenvalue weighted by Crippen LogP contribution is 2.36. The SMILES string of the molecule is Cc1ccc(Nc2cccc(Cl)c2-c2ccccc2)c(C(=O)O)c1. The lowest BCUT2D eigenvalue weighted by Crippen LogP contribution is -2.04. The summed E-state index contributed by atoms with van der Waals surface area (Å²) in [6.07, 6.45) is 0. The molecule has 2 N–H and O–H groups in total. The van der Waals surface area contributed by atoms with E-state index >= 15 is 0 Å². The predicted octanol–water partition coefficient (Wildman–Crippen LogP) is 5.76. The highest BCUT2D eigenvalue weighted by molar-refractivity contribution is 6.34. The van der Waals surface area contributed by atoms with Gasteiger partial charge in [-0.1, -0.05) is 59.6 Å². The maximum Gasteiger partial charge on any atom is 0.337 e. The summed E-state index contributed by atoms with van der Waals surface area (Å²) in [6.45, 7) is 1.87. The molecule has 0 spiro atoms. The van der Waals surface area contributed by atoms with Gasteiger partial charge in [-0.2, -0.15) is 0 Å². The number of aromatic carboxylic acids is 1. The molecule has 0 heterocycles. The van der Waals surface area contributed by atoms with E-state index in [0.29, 0.717) is 10.7 Å². The van der Waals surface area contributed by atoms with Gasteiger partial charge in [0, 0.05) is 11.3 Å². The van der Waals surface area contributed by atoms with Crippen LogP contribution in [0.15, 0.2) is 66.7 Å². The molecule has 3 aromatic carbocycles. The minimum absolute atomic E-state index is 0.231. The number of carboxylic acids is 1. The average Bonchev–Trinajstić information content (AvgIpc) is 2.57. The van der Waals surface area contributed by atoms with Crippen LogP contribution in [-0.2, 0) is 0 Å². The fourth-order valence-corrected chi connectivity index (χ4v) is 2.90. The number of anilines is 2. The Kier molecular flexibility index (Phi) is 4.54. The Morgan fingerprint density at radius 2 is 1.71 bits per heavy atom. The molecule has 3 rings (SSSR count). The van der Waals surface area contributed by atoms with E-state index in [1.165, 1.54) is 0 Å². The van der Waals surface area contributed by atoms with Gasteiger partial charge in [0.05, 0.1) is 16.3 Å². The van der Waals surface area contributed by atoms with Gasteiger partial charge in [0.1, 0.15) is 0 Å². The van der Waals surface area contributed by atoms with E-state index < -0.39 is 5.97 Å². The fraction of sp³-hybridized carbons (Fsp3) is 0.0500. The Balaban J connectivity index is 2.10. The molecule has 0 saturated heterocycles. The van der Waals surface area contributed by atoms with E-state index in [-0.39, 0.29) is 5.56 Å². The molecule has 0 radical (unpaired) electrons. The molecule has 4 heteroatoms. The minimum Gasteiger partial charge on any atom is -0.478 e. The van der Waals surface area contributed by atoms with Gasteiger partial charge in [-0.15, -0.1) is 0 Å². The van der Waals surface area contributed by atoms with Crippen molar-refractivity contribution in [1.29, 1.82) is 0 Å². The first kappa shape index (κ1) is 16.1. The molecule has 0 saturated carbocycles. The average molecular weight is 338 g/mol. The fourth-order valence-electron chi connectivity index (χ4n) is 2.62. The van der Waals surface area contributed by atoms with Gasteiger partial charge in [-0.25, -0.2) is 4.79 Å². The highest BCUT2D eigenvalue weighted by atomic mass is 35.5. The lowest BCUT2D eigenvalue weighted by atomic mass is 10.0. The van der Waals surface area contributed by atoms with Crippen molar-refractivity contribution in [2.75, 3.05) is 5.32 Å². The molecule has 0 aliphatic heterocycles.